The number of nitrogens with one attached hydrogen (secondary N) is 4. The Morgan fingerprint density at radius 2 is 1.38 bits per heavy atom. The van der Waals surface area contributed by atoms with Gasteiger partial charge in [-0.05, 0) is 161 Å². The smallest absolute Gasteiger partial charge is 0.410 e. The number of rotatable bonds is 15. The van der Waals surface area contributed by atoms with E-state index >= 15 is 0 Å². The maximum atomic E-state index is 14.6. The maximum Gasteiger partial charge on any atom is 0.410 e. The summed E-state index contributed by atoms with van der Waals surface area (Å²) in [5, 5.41) is 27.1. The number of allylic oxidation sites excluding steroid dienone is 6. The van der Waals surface area contributed by atoms with E-state index in [1.807, 2.05) is 85.4 Å². The SMILES string of the molecule is CO[C@H]1CC2CCCC(O2)C(=O)C(=O)N2CCCC[C@H]2C(=O)O[C@H](CC[C@H]2CC[C@H](OC(=O)N3CCc4nc(N5CCN(c6ncc(C(=O)N7CCN(c8ncc(C(=O)N9CCc%10cc(CNc%11ncnc(N)c%11C(=N)C%11=Cc%12cc[nH]c%12NC%11)ccc%10C9)cn8)CC7)cn6)CC5)ncc4C3)CC2)CC(=O)[C@H](C)/C=C(\C)[C@@H](O)CC(=O)[C@H](C)C[C@H](C)/C=C/C=C/C=C/1C. The van der Waals surface area contributed by atoms with E-state index in [2.05, 4.69) is 67.5 Å². The van der Waals surface area contributed by atoms with Crippen molar-refractivity contribution in [2.45, 2.75) is 212 Å². The molecule has 33 heteroatoms. The summed E-state index contributed by atoms with van der Waals surface area (Å²) < 4.78 is 24.8. The van der Waals surface area contributed by atoms with Gasteiger partial charge in [-0.15, -0.1) is 0 Å². The third-order valence-electron chi connectivity index (χ3n) is 26.8. The van der Waals surface area contributed by atoms with Crippen molar-refractivity contribution in [3.8, 4) is 0 Å². The van der Waals surface area contributed by atoms with Crippen molar-refractivity contribution in [1.29, 1.82) is 5.41 Å². The summed E-state index contributed by atoms with van der Waals surface area (Å²) in [5.41, 5.74) is 16.0. The summed E-state index contributed by atoms with van der Waals surface area (Å²) in [7, 11) is 1.64. The fourth-order valence-electron chi connectivity index (χ4n) is 18.9. The molecular weight excluding hydrogens is 1630 g/mol. The molecule has 13 heterocycles. The molecule has 0 radical (unpaired) electrons. The van der Waals surface area contributed by atoms with Gasteiger partial charge in [0.1, 0.15) is 59.7 Å². The number of aromatic amines is 1. The predicted molar refractivity (Wildman–Crippen MR) is 482 cm³/mol. The number of amides is 4. The highest BCUT2D eigenvalue weighted by Gasteiger charge is 2.43. The Balaban J connectivity index is 0.483. The van der Waals surface area contributed by atoms with E-state index in [1.54, 1.807) is 67.8 Å². The Bertz CT molecular complexity index is 5200. The number of carbonyl (C=O) groups excluding carboxylic acids is 8. The van der Waals surface area contributed by atoms with E-state index in [0.717, 1.165) is 63.3 Å². The zero-order chi connectivity index (χ0) is 89.6. The van der Waals surface area contributed by atoms with Crippen LogP contribution in [0.5, 0.6) is 0 Å². The van der Waals surface area contributed by atoms with Crippen molar-refractivity contribution in [1.82, 2.24) is 64.5 Å². The Morgan fingerprint density at radius 1 is 0.680 bits per heavy atom. The highest BCUT2D eigenvalue weighted by Crippen LogP contribution is 2.36. The molecule has 2 bridgehead atoms. The lowest BCUT2D eigenvalue weighted by Crippen LogP contribution is -2.54. The lowest BCUT2D eigenvalue weighted by atomic mass is 9.83. The molecule has 4 amide bonds. The number of ketones is 3. The van der Waals surface area contributed by atoms with Gasteiger partial charge in [-0.25, -0.2) is 49.5 Å². The number of carbonyl (C=O) groups is 8. The predicted octanol–water partition coefficient (Wildman–Crippen LogP) is 10.4. The molecule has 5 fully saturated rings. The highest BCUT2D eigenvalue weighted by molar-refractivity contribution is 6.38. The number of hydrogen-bond donors (Lipinski definition) is 6. The quantitative estimate of drug-likeness (QED) is 0.0241. The van der Waals surface area contributed by atoms with E-state index in [-0.39, 0.29) is 90.4 Å². The zero-order valence-corrected chi connectivity index (χ0v) is 74.2. The molecule has 4 saturated heterocycles. The average molecular weight is 1750 g/mol. The third kappa shape index (κ3) is 22.2. The normalized spacial score (nSPS) is 26.5. The Morgan fingerprint density at radius 3 is 2.11 bits per heavy atom. The van der Waals surface area contributed by atoms with Gasteiger partial charge < -0.3 is 79.7 Å². The maximum absolute atomic E-state index is 14.6. The minimum absolute atomic E-state index is 0.0772. The second-order valence-electron chi connectivity index (χ2n) is 35.8. The van der Waals surface area contributed by atoms with Crippen LogP contribution in [0.4, 0.5) is 40.1 Å². The van der Waals surface area contributed by atoms with Crippen LogP contribution in [0.2, 0.25) is 0 Å². The second-order valence-corrected chi connectivity index (χ2v) is 35.8. The molecule has 678 valence electrons. The topological polar surface area (TPSA) is 409 Å². The molecule has 128 heavy (non-hydrogen) atoms. The number of nitrogens with zero attached hydrogens (tertiary/aromatic N) is 15. The number of methoxy groups -OCH3 is 1. The molecule has 1 saturated carbocycles. The molecule has 6 aromatic rings. The van der Waals surface area contributed by atoms with Crippen LogP contribution in [0.3, 0.4) is 0 Å². The summed E-state index contributed by atoms with van der Waals surface area (Å²) in [6.45, 7) is 16.4. The lowest BCUT2D eigenvalue weighted by molar-refractivity contribution is -0.167. The summed E-state index contributed by atoms with van der Waals surface area (Å²) in [6, 6.07) is 7.14. The summed E-state index contributed by atoms with van der Waals surface area (Å²) in [4.78, 5) is 165. The number of hydrogen-bond acceptors (Lipinski definition) is 28. The van der Waals surface area contributed by atoms with Crippen LogP contribution in [0.1, 0.15) is 197 Å². The van der Waals surface area contributed by atoms with Gasteiger partial charge in [-0.3, -0.25) is 34.2 Å². The van der Waals surface area contributed by atoms with Crippen LogP contribution < -0.4 is 31.1 Å². The molecule has 0 spiro atoms. The molecule has 9 atom stereocenters. The molecule has 2 unspecified atom stereocenters. The number of piperidine rings is 1. The summed E-state index contributed by atoms with van der Waals surface area (Å²) in [6.07, 6.45) is 29.6. The summed E-state index contributed by atoms with van der Waals surface area (Å²) in [5.74, 6) is -0.286. The van der Waals surface area contributed by atoms with Crippen molar-refractivity contribution < 1.29 is 62.4 Å². The van der Waals surface area contributed by atoms with E-state index in [4.69, 9.17) is 40.1 Å². The molecule has 5 aromatic heterocycles. The number of H-pyrrole nitrogens is 1. The fraction of sp³-hybridized carbons (Fsp3) is 0.526. The molecule has 7 N–H and O–H groups in total. The van der Waals surface area contributed by atoms with Crippen LogP contribution in [-0.4, -0.2) is 251 Å². The van der Waals surface area contributed by atoms with Crippen molar-refractivity contribution in [3.63, 3.8) is 0 Å². The van der Waals surface area contributed by atoms with Gasteiger partial charge in [0.15, 0.2) is 0 Å². The van der Waals surface area contributed by atoms with Crippen LogP contribution in [0, 0.1) is 29.1 Å². The number of fused-ring (bicyclic) bond motifs is 6. The molecule has 8 aliphatic heterocycles. The van der Waals surface area contributed by atoms with Crippen molar-refractivity contribution in [2.24, 2.45) is 23.7 Å². The van der Waals surface area contributed by atoms with Gasteiger partial charge in [0, 0.05) is 185 Å². The van der Waals surface area contributed by atoms with E-state index < -0.39 is 54.0 Å². The molecule has 1 aromatic carbocycles. The van der Waals surface area contributed by atoms with Gasteiger partial charge in [-0.1, -0.05) is 75.4 Å². The minimum atomic E-state index is -1.09. The number of ether oxygens (including phenoxy) is 4. The molecule has 15 rings (SSSR count). The Kier molecular flexibility index (Phi) is 29.7. The van der Waals surface area contributed by atoms with E-state index in [0.29, 0.717) is 227 Å². The van der Waals surface area contributed by atoms with E-state index in [9.17, 15) is 43.5 Å². The van der Waals surface area contributed by atoms with Gasteiger partial charge in [-0.2, -0.15) is 0 Å². The van der Waals surface area contributed by atoms with E-state index in [1.165, 1.54) is 11.2 Å². The van der Waals surface area contributed by atoms with Gasteiger partial charge in [0.05, 0.1) is 53.0 Å². The number of esters is 1. The number of aromatic nitrogens is 9. The zero-order valence-electron chi connectivity index (χ0n) is 74.2. The highest BCUT2D eigenvalue weighted by atomic mass is 16.6. The fourth-order valence-corrected chi connectivity index (χ4v) is 18.9. The first kappa shape index (κ1) is 90.8. The van der Waals surface area contributed by atoms with Gasteiger partial charge in [0.2, 0.25) is 23.6 Å². The number of aliphatic hydroxyl groups excluding tert-OH is 1. The first-order valence-corrected chi connectivity index (χ1v) is 45.5. The Hall–Kier alpha value is -12.0. The van der Waals surface area contributed by atoms with Crippen LogP contribution in [0.15, 0.2) is 121 Å². The number of anilines is 6. The van der Waals surface area contributed by atoms with Gasteiger partial charge >= 0.3 is 12.1 Å². The monoisotopic (exact) mass is 1750 g/mol. The third-order valence-corrected chi connectivity index (χ3v) is 26.8. The first-order valence-electron chi connectivity index (χ1n) is 45.5. The number of benzene rings is 1. The second kappa shape index (κ2) is 41.9. The molecule has 1 aliphatic carbocycles. The molecule has 33 nitrogen and oxygen atoms in total. The number of Topliss-reactive ketones (excluding diaryl/α,β-unsaturated/α-hetero) is 3. The summed E-state index contributed by atoms with van der Waals surface area (Å²) >= 11 is 0. The number of cyclic esters (lactones) is 1. The van der Waals surface area contributed by atoms with Crippen molar-refractivity contribution in [3.05, 3.63) is 171 Å². The van der Waals surface area contributed by atoms with Crippen molar-refractivity contribution >= 4 is 94.2 Å². The standard InChI is InChI=1S/C95H120N20O13/c1-58-13-8-7-9-14-59(2)81(125-6)46-73-15-12-17-80(126-73)84(119)90(122)115-30-11-10-16-76(115)91(123)127-74(45-77(116)61(4)42-62(5)79(118)47-78(117)60(3)41-58)25-21-63-19-23-72(24-20-63)128-95(124)114-32-28-75-71(56-114)54-105-94(108-75)112-39-37-111(38-40-112)93-101-50-69(51-102-93)88(120)109-33-35-110(36-34-109)92-103-52-70(53-104-92)89(121)113-31-27-65-43-64(18-22-67(65)55-113)48-99-87-82(85(97)106-57-107-87)83(96)68-44-66-26-29-98-86(66)100-49-68/h7-9,13-14,18,22,26,29,42-44,50-54,57-58,60-61,63,72-74,76,79-81,96,98,100,118H,10-12,15-17,19-21,23-25,27-28,30-41,45-49,55-56H2,1-6H3,(H3,97,99,106,107)/b9-7+,13-8+,59-14+,62-42+,96-83?/t58-,60-,61-,63-,72-,73?,74-,76+,79+,80?,81+/m1/s1. The van der Waals surface area contributed by atoms with Crippen molar-refractivity contribution in [2.75, 3.05) is 117 Å². The molecule has 9 aliphatic rings. The average Bonchev–Trinajstić information content (AvgIpc) is 1.23. The number of piperazine rings is 2. The molecular formula is C95H120N20O13. The number of nitrogens with two attached hydrogens (primary N) is 1. The minimum Gasteiger partial charge on any atom is -0.460 e. The number of nitrogen functional groups attached to an aromatic ring is 1. The Labute approximate surface area is 746 Å². The largest absolute Gasteiger partial charge is 0.460 e. The first-order chi connectivity index (χ1) is 61.9. The van der Waals surface area contributed by atoms with Crippen LogP contribution in [-0.2, 0) is 75.4 Å². The van der Waals surface area contributed by atoms with Crippen LogP contribution in [0.25, 0.3) is 6.08 Å². The number of aliphatic hydroxyl groups is 1. The lowest BCUT2D eigenvalue weighted by Gasteiger charge is -2.36. The van der Waals surface area contributed by atoms with Gasteiger partial charge in [0.25, 0.3) is 17.7 Å². The van der Waals surface area contributed by atoms with Crippen LogP contribution >= 0.6 is 0 Å².